The molecule has 1 aliphatic heterocycles. The predicted octanol–water partition coefficient (Wildman–Crippen LogP) is 1.25. The number of aliphatic imine (C=N–C) groups is 1. The molecule has 1 rings (SSSR count). The molecular weight excluding hydrogens is 112 g/mol. The summed E-state index contributed by atoms with van der Waals surface area (Å²) in [5, 5.41) is 0. The lowest BCUT2D eigenvalue weighted by atomic mass is 10.2. The summed E-state index contributed by atoms with van der Waals surface area (Å²) in [6.07, 6.45) is 1.01. The first kappa shape index (κ1) is 6.33. The molecule has 2 heteroatoms. The normalized spacial score (nSPS) is 20.0. The predicted molar refractivity (Wildman–Crippen MR) is 39.5 cm³/mol. The van der Waals surface area contributed by atoms with Gasteiger partial charge in [-0.2, -0.15) is 0 Å². The molecule has 9 heavy (non-hydrogen) atoms. The monoisotopic (exact) mass is 124 g/mol. The van der Waals surface area contributed by atoms with Gasteiger partial charge in [-0.25, -0.2) is 0 Å². The van der Waals surface area contributed by atoms with Crippen molar-refractivity contribution in [2.45, 2.75) is 13.3 Å². The van der Waals surface area contributed by atoms with E-state index in [4.69, 9.17) is 0 Å². The van der Waals surface area contributed by atoms with Gasteiger partial charge in [-0.1, -0.05) is 6.58 Å². The summed E-state index contributed by atoms with van der Waals surface area (Å²) in [7, 11) is 2.00. The standard InChI is InChI=1S/C7H12N2/c1-6-4-5-8-7(2)9(6)3/h1,4-5H2,2-3H3. The Morgan fingerprint density at radius 2 is 2.33 bits per heavy atom. The average molecular weight is 124 g/mol. The van der Waals surface area contributed by atoms with Crippen LogP contribution in [-0.4, -0.2) is 24.3 Å². The lowest BCUT2D eigenvalue weighted by Gasteiger charge is -2.24. The van der Waals surface area contributed by atoms with Crippen molar-refractivity contribution in [1.29, 1.82) is 0 Å². The van der Waals surface area contributed by atoms with Crippen LogP contribution in [-0.2, 0) is 0 Å². The summed E-state index contributed by atoms with van der Waals surface area (Å²) in [4.78, 5) is 6.27. The summed E-state index contributed by atoms with van der Waals surface area (Å²) < 4.78 is 0. The molecule has 0 unspecified atom stereocenters. The number of amidine groups is 1. The molecule has 0 atom stereocenters. The van der Waals surface area contributed by atoms with Crippen molar-refractivity contribution in [2.75, 3.05) is 13.6 Å². The number of hydrogen-bond acceptors (Lipinski definition) is 2. The Kier molecular flexibility index (Phi) is 1.56. The minimum absolute atomic E-state index is 0.912. The summed E-state index contributed by atoms with van der Waals surface area (Å²) in [6, 6.07) is 0. The van der Waals surface area contributed by atoms with Crippen LogP contribution in [0.1, 0.15) is 13.3 Å². The molecule has 50 valence electrons. The second-order valence-corrected chi connectivity index (χ2v) is 2.30. The third kappa shape index (κ3) is 1.12. The van der Waals surface area contributed by atoms with Crippen molar-refractivity contribution in [3.63, 3.8) is 0 Å². The highest BCUT2D eigenvalue weighted by atomic mass is 15.2. The van der Waals surface area contributed by atoms with Crippen LogP contribution in [0.5, 0.6) is 0 Å². The molecule has 0 aliphatic carbocycles. The maximum atomic E-state index is 4.24. The molecule has 0 radical (unpaired) electrons. The van der Waals surface area contributed by atoms with Crippen LogP contribution in [0, 0.1) is 0 Å². The van der Waals surface area contributed by atoms with Crippen LogP contribution in [0.2, 0.25) is 0 Å². The molecule has 2 nitrogen and oxygen atoms in total. The molecule has 0 amide bonds. The number of rotatable bonds is 0. The molecule has 0 bridgehead atoms. The van der Waals surface area contributed by atoms with Crippen molar-refractivity contribution in [1.82, 2.24) is 4.90 Å². The zero-order valence-electron chi connectivity index (χ0n) is 6.02. The summed E-state index contributed by atoms with van der Waals surface area (Å²) in [5.74, 6) is 1.08. The molecule has 0 aromatic rings. The van der Waals surface area contributed by atoms with Gasteiger partial charge in [0.2, 0.25) is 0 Å². The molecule has 0 saturated carbocycles. The summed E-state index contributed by atoms with van der Waals surface area (Å²) in [6.45, 7) is 6.81. The zero-order valence-corrected chi connectivity index (χ0v) is 6.02. The van der Waals surface area contributed by atoms with Crippen LogP contribution in [0.3, 0.4) is 0 Å². The number of hydrogen-bond donors (Lipinski definition) is 0. The van der Waals surface area contributed by atoms with Gasteiger partial charge in [-0.15, -0.1) is 0 Å². The van der Waals surface area contributed by atoms with Crippen LogP contribution >= 0.6 is 0 Å². The lowest BCUT2D eigenvalue weighted by Crippen LogP contribution is -2.27. The summed E-state index contributed by atoms with van der Waals surface area (Å²) in [5.41, 5.74) is 1.17. The third-order valence-electron chi connectivity index (χ3n) is 1.70. The Morgan fingerprint density at radius 1 is 1.67 bits per heavy atom. The topological polar surface area (TPSA) is 15.6 Å². The quantitative estimate of drug-likeness (QED) is 0.474. The van der Waals surface area contributed by atoms with E-state index in [1.54, 1.807) is 0 Å². The van der Waals surface area contributed by atoms with E-state index in [1.165, 1.54) is 5.70 Å². The van der Waals surface area contributed by atoms with Crippen LogP contribution in [0.15, 0.2) is 17.3 Å². The average Bonchev–Trinajstić information content (AvgIpc) is 1.83. The largest absolute Gasteiger partial charge is 0.338 e. The van der Waals surface area contributed by atoms with E-state index in [9.17, 15) is 0 Å². The van der Waals surface area contributed by atoms with E-state index in [-0.39, 0.29) is 0 Å². The highest BCUT2D eigenvalue weighted by Gasteiger charge is 2.08. The van der Waals surface area contributed by atoms with Gasteiger partial charge in [-0.05, 0) is 6.92 Å². The lowest BCUT2D eigenvalue weighted by molar-refractivity contribution is 0.561. The zero-order chi connectivity index (χ0) is 6.85. The van der Waals surface area contributed by atoms with E-state index in [0.29, 0.717) is 0 Å². The van der Waals surface area contributed by atoms with Gasteiger partial charge in [-0.3, -0.25) is 4.99 Å². The molecule has 0 aromatic heterocycles. The highest BCUT2D eigenvalue weighted by Crippen LogP contribution is 2.09. The van der Waals surface area contributed by atoms with Crippen molar-refractivity contribution < 1.29 is 0 Å². The first-order valence-corrected chi connectivity index (χ1v) is 3.14. The van der Waals surface area contributed by atoms with Crippen molar-refractivity contribution in [2.24, 2.45) is 4.99 Å². The second kappa shape index (κ2) is 2.21. The fourth-order valence-corrected chi connectivity index (χ4v) is 0.849. The van der Waals surface area contributed by atoms with E-state index < -0.39 is 0 Å². The van der Waals surface area contributed by atoms with Gasteiger partial charge in [0.05, 0.1) is 5.84 Å². The molecule has 0 N–H and O–H groups in total. The Hall–Kier alpha value is -0.790. The molecule has 0 spiro atoms. The van der Waals surface area contributed by atoms with Crippen LogP contribution in [0.25, 0.3) is 0 Å². The van der Waals surface area contributed by atoms with Gasteiger partial charge >= 0.3 is 0 Å². The van der Waals surface area contributed by atoms with Gasteiger partial charge < -0.3 is 4.90 Å². The van der Waals surface area contributed by atoms with Gasteiger partial charge in [0, 0.05) is 25.7 Å². The first-order chi connectivity index (χ1) is 4.22. The molecule has 0 fully saturated rings. The Bertz CT molecular complexity index is 158. The molecule has 0 aromatic carbocycles. The van der Waals surface area contributed by atoms with Crippen LogP contribution in [0.4, 0.5) is 0 Å². The van der Waals surface area contributed by atoms with Crippen molar-refractivity contribution in [3.8, 4) is 0 Å². The van der Waals surface area contributed by atoms with Gasteiger partial charge in [0.25, 0.3) is 0 Å². The van der Waals surface area contributed by atoms with Gasteiger partial charge in [0.1, 0.15) is 0 Å². The third-order valence-corrected chi connectivity index (χ3v) is 1.70. The van der Waals surface area contributed by atoms with Crippen LogP contribution < -0.4 is 0 Å². The minimum atomic E-state index is 0.912. The minimum Gasteiger partial charge on any atom is -0.338 e. The van der Waals surface area contributed by atoms with Crippen molar-refractivity contribution >= 4 is 5.84 Å². The van der Waals surface area contributed by atoms with Gasteiger partial charge in [0.15, 0.2) is 0 Å². The molecule has 0 saturated heterocycles. The van der Waals surface area contributed by atoms with E-state index in [1.807, 2.05) is 18.9 Å². The van der Waals surface area contributed by atoms with Crippen molar-refractivity contribution in [3.05, 3.63) is 12.3 Å². The SMILES string of the molecule is C=C1CCN=C(C)N1C. The maximum absolute atomic E-state index is 4.24. The Labute approximate surface area is 55.9 Å². The Morgan fingerprint density at radius 3 is 2.78 bits per heavy atom. The number of nitrogens with zero attached hydrogens (tertiary/aromatic N) is 2. The maximum Gasteiger partial charge on any atom is 0.0996 e. The smallest absolute Gasteiger partial charge is 0.0996 e. The highest BCUT2D eigenvalue weighted by molar-refractivity contribution is 5.81. The molecule has 1 heterocycles. The van der Waals surface area contributed by atoms with E-state index in [0.717, 1.165) is 18.8 Å². The summed E-state index contributed by atoms with van der Waals surface area (Å²) >= 11 is 0. The van der Waals surface area contributed by atoms with E-state index in [2.05, 4.69) is 11.6 Å². The first-order valence-electron chi connectivity index (χ1n) is 3.14. The molecular formula is C7H12N2. The fraction of sp³-hybridized carbons (Fsp3) is 0.571. The fourth-order valence-electron chi connectivity index (χ4n) is 0.849. The Balaban J connectivity index is 2.74. The second-order valence-electron chi connectivity index (χ2n) is 2.30. The van der Waals surface area contributed by atoms with E-state index >= 15 is 0 Å². The molecule has 1 aliphatic rings.